The first-order chi connectivity index (χ1) is 8.54. The summed E-state index contributed by atoms with van der Waals surface area (Å²) in [5, 5.41) is 2.93. The number of likely N-dealkylation sites (N-methyl/N-ethyl adjacent to an activating group) is 2. The molecule has 1 atom stereocenters. The number of rotatable bonds is 6. The van der Waals surface area contributed by atoms with Crippen molar-refractivity contribution in [2.75, 3.05) is 27.2 Å². The van der Waals surface area contributed by atoms with Gasteiger partial charge in [-0.2, -0.15) is 0 Å². The summed E-state index contributed by atoms with van der Waals surface area (Å²) < 4.78 is 5.61. The van der Waals surface area contributed by atoms with E-state index in [2.05, 4.69) is 5.32 Å². The number of carbonyl (C=O) groups excluding carboxylic acids is 1. The second-order valence-electron chi connectivity index (χ2n) is 4.44. The van der Waals surface area contributed by atoms with Gasteiger partial charge < -0.3 is 15.0 Å². The third-order valence-electron chi connectivity index (χ3n) is 2.86. The van der Waals surface area contributed by atoms with E-state index >= 15 is 0 Å². The molecule has 0 radical (unpaired) electrons. The van der Waals surface area contributed by atoms with Crippen molar-refractivity contribution < 1.29 is 9.53 Å². The van der Waals surface area contributed by atoms with Crippen LogP contribution in [0.5, 0.6) is 5.75 Å². The Balaban J connectivity index is 2.35. The fourth-order valence-electron chi connectivity index (χ4n) is 1.57. The lowest BCUT2D eigenvalue weighted by Gasteiger charge is -2.21. The normalized spacial score (nSPS) is 12.0. The molecule has 0 bridgehead atoms. The molecule has 1 aromatic rings. The van der Waals surface area contributed by atoms with E-state index in [0.29, 0.717) is 13.2 Å². The zero-order valence-electron chi connectivity index (χ0n) is 11.6. The molecule has 100 valence electrons. The minimum atomic E-state index is -0.158. The number of benzene rings is 1. The summed E-state index contributed by atoms with van der Waals surface area (Å²) in [5.74, 6) is 0.919. The van der Waals surface area contributed by atoms with Gasteiger partial charge in [0, 0.05) is 7.05 Å². The molecule has 0 aliphatic carbocycles. The average molecular weight is 250 g/mol. The summed E-state index contributed by atoms with van der Waals surface area (Å²) in [6.07, 6.45) is 0. The second-order valence-corrected chi connectivity index (χ2v) is 4.44. The summed E-state index contributed by atoms with van der Waals surface area (Å²) in [6.45, 7) is 4.96. The van der Waals surface area contributed by atoms with Crippen LogP contribution in [0.3, 0.4) is 0 Å². The number of hydrogen-bond acceptors (Lipinski definition) is 3. The van der Waals surface area contributed by atoms with Crippen molar-refractivity contribution in [3.8, 4) is 5.75 Å². The maximum atomic E-state index is 11.8. The fraction of sp³-hybridized carbons (Fsp3) is 0.500. The van der Waals surface area contributed by atoms with E-state index < -0.39 is 0 Å². The molecule has 18 heavy (non-hydrogen) atoms. The highest BCUT2D eigenvalue weighted by Gasteiger charge is 2.14. The van der Waals surface area contributed by atoms with Gasteiger partial charge in [0.05, 0.1) is 12.6 Å². The first-order valence-electron chi connectivity index (χ1n) is 6.16. The second kappa shape index (κ2) is 7.01. The Morgan fingerprint density at radius 2 is 2.22 bits per heavy atom. The summed E-state index contributed by atoms with van der Waals surface area (Å²) in [6, 6.07) is 7.73. The Kier molecular flexibility index (Phi) is 5.65. The van der Waals surface area contributed by atoms with Crippen molar-refractivity contribution in [2.45, 2.75) is 19.9 Å². The lowest BCUT2D eigenvalue weighted by atomic mass is 10.2. The van der Waals surface area contributed by atoms with Crippen LogP contribution < -0.4 is 10.1 Å². The lowest BCUT2D eigenvalue weighted by molar-refractivity contribution is -0.131. The largest absolute Gasteiger partial charge is 0.492 e. The first kappa shape index (κ1) is 14.5. The number of nitrogens with zero attached hydrogens (tertiary/aromatic N) is 1. The molecule has 4 heteroatoms. The van der Waals surface area contributed by atoms with Crippen LogP contribution in [0.15, 0.2) is 24.3 Å². The monoisotopic (exact) mass is 250 g/mol. The Morgan fingerprint density at radius 3 is 2.83 bits per heavy atom. The molecule has 1 unspecified atom stereocenters. The van der Waals surface area contributed by atoms with Crippen LogP contribution in [-0.2, 0) is 4.79 Å². The van der Waals surface area contributed by atoms with Crippen LogP contribution >= 0.6 is 0 Å². The molecule has 0 saturated heterocycles. The van der Waals surface area contributed by atoms with E-state index in [1.54, 1.807) is 19.0 Å². The van der Waals surface area contributed by atoms with Gasteiger partial charge >= 0.3 is 0 Å². The zero-order chi connectivity index (χ0) is 13.5. The first-order valence-corrected chi connectivity index (χ1v) is 6.16. The predicted octanol–water partition coefficient (Wildman–Crippen LogP) is 1.44. The summed E-state index contributed by atoms with van der Waals surface area (Å²) >= 11 is 0. The number of hydrogen-bond donors (Lipinski definition) is 1. The van der Waals surface area contributed by atoms with Gasteiger partial charge in [-0.25, -0.2) is 0 Å². The molecule has 1 amide bonds. The molecule has 0 saturated carbocycles. The summed E-state index contributed by atoms with van der Waals surface area (Å²) in [5.41, 5.74) is 1.17. The van der Waals surface area contributed by atoms with E-state index in [0.717, 1.165) is 5.75 Å². The fourth-order valence-corrected chi connectivity index (χ4v) is 1.57. The maximum Gasteiger partial charge on any atom is 0.239 e. The van der Waals surface area contributed by atoms with Crippen molar-refractivity contribution in [1.82, 2.24) is 10.2 Å². The van der Waals surface area contributed by atoms with Crippen molar-refractivity contribution in [2.24, 2.45) is 0 Å². The third-order valence-corrected chi connectivity index (χ3v) is 2.86. The Morgan fingerprint density at radius 1 is 1.50 bits per heavy atom. The van der Waals surface area contributed by atoms with E-state index in [4.69, 9.17) is 4.74 Å². The van der Waals surface area contributed by atoms with Crippen LogP contribution in [0.1, 0.15) is 12.5 Å². The molecule has 0 aliphatic rings. The lowest BCUT2D eigenvalue weighted by Crippen LogP contribution is -2.43. The van der Waals surface area contributed by atoms with Gasteiger partial charge in [-0.1, -0.05) is 12.1 Å². The summed E-state index contributed by atoms with van der Waals surface area (Å²) in [4.78, 5) is 13.5. The Hall–Kier alpha value is -1.55. The van der Waals surface area contributed by atoms with Gasteiger partial charge in [0.25, 0.3) is 0 Å². The number of aryl methyl sites for hydroxylation is 1. The van der Waals surface area contributed by atoms with Crippen LogP contribution in [0, 0.1) is 6.92 Å². The zero-order valence-corrected chi connectivity index (χ0v) is 11.6. The highest BCUT2D eigenvalue weighted by atomic mass is 16.5. The predicted molar refractivity (Wildman–Crippen MR) is 72.8 cm³/mol. The molecule has 0 aromatic heterocycles. The van der Waals surface area contributed by atoms with Crippen molar-refractivity contribution >= 4 is 5.91 Å². The van der Waals surface area contributed by atoms with Crippen LogP contribution in [0.25, 0.3) is 0 Å². The molecule has 1 aromatic carbocycles. The van der Waals surface area contributed by atoms with Gasteiger partial charge in [-0.15, -0.1) is 0 Å². The summed E-state index contributed by atoms with van der Waals surface area (Å²) in [7, 11) is 3.56. The molecule has 1 N–H and O–H groups in total. The molecule has 0 fully saturated rings. The number of amides is 1. The topological polar surface area (TPSA) is 41.6 Å². The molecular formula is C14H22N2O2. The van der Waals surface area contributed by atoms with Gasteiger partial charge in [-0.3, -0.25) is 4.79 Å². The minimum Gasteiger partial charge on any atom is -0.492 e. The molecular weight excluding hydrogens is 228 g/mol. The van der Waals surface area contributed by atoms with Crippen LogP contribution in [0.2, 0.25) is 0 Å². The number of nitrogens with one attached hydrogen (secondary N) is 1. The standard InChI is InChI=1S/C14H22N2O2/c1-11-6-5-7-13(10-11)18-9-8-16(4)14(17)12(2)15-3/h5-7,10,12,15H,8-9H2,1-4H3. The SMILES string of the molecule is CNC(C)C(=O)N(C)CCOc1cccc(C)c1. The molecule has 0 aliphatic heterocycles. The van der Waals surface area contributed by atoms with Gasteiger partial charge in [0.15, 0.2) is 0 Å². The van der Waals surface area contributed by atoms with Crippen LogP contribution in [-0.4, -0.2) is 44.1 Å². The van der Waals surface area contributed by atoms with E-state index in [-0.39, 0.29) is 11.9 Å². The highest BCUT2D eigenvalue weighted by Crippen LogP contribution is 2.12. The van der Waals surface area contributed by atoms with Crippen molar-refractivity contribution in [1.29, 1.82) is 0 Å². The van der Waals surface area contributed by atoms with E-state index in [9.17, 15) is 4.79 Å². The van der Waals surface area contributed by atoms with Gasteiger partial charge in [0.2, 0.25) is 5.91 Å². The Bertz CT molecular complexity index is 393. The molecule has 1 rings (SSSR count). The Labute approximate surface area is 109 Å². The van der Waals surface area contributed by atoms with Crippen molar-refractivity contribution in [3.05, 3.63) is 29.8 Å². The van der Waals surface area contributed by atoms with Crippen molar-refractivity contribution in [3.63, 3.8) is 0 Å². The third kappa shape index (κ3) is 4.37. The van der Waals surface area contributed by atoms with Gasteiger partial charge in [0.1, 0.15) is 12.4 Å². The molecule has 0 spiro atoms. The number of ether oxygens (including phenoxy) is 1. The molecule has 0 heterocycles. The number of carbonyl (C=O) groups is 1. The van der Waals surface area contributed by atoms with E-state index in [1.165, 1.54) is 5.56 Å². The minimum absolute atomic E-state index is 0.0744. The molecule has 4 nitrogen and oxygen atoms in total. The highest BCUT2D eigenvalue weighted by molar-refractivity contribution is 5.81. The smallest absolute Gasteiger partial charge is 0.239 e. The quantitative estimate of drug-likeness (QED) is 0.830. The maximum absolute atomic E-state index is 11.8. The average Bonchev–Trinajstić information content (AvgIpc) is 2.36. The van der Waals surface area contributed by atoms with Crippen LogP contribution in [0.4, 0.5) is 0 Å². The van der Waals surface area contributed by atoms with Gasteiger partial charge in [-0.05, 0) is 38.6 Å². The van der Waals surface area contributed by atoms with E-state index in [1.807, 2.05) is 38.1 Å².